The van der Waals surface area contributed by atoms with Gasteiger partial charge in [-0.15, -0.1) is 11.3 Å². The number of carbonyl (C=O) groups is 4. The first kappa shape index (κ1) is 53.0. The summed E-state index contributed by atoms with van der Waals surface area (Å²) >= 11 is 1.71. The van der Waals surface area contributed by atoms with Crippen molar-refractivity contribution in [3.8, 4) is 39.5 Å². The van der Waals surface area contributed by atoms with Gasteiger partial charge in [0.05, 0.1) is 65.7 Å². The van der Waals surface area contributed by atoms with Crippen molar-refractivity contribution in [1.82, 2.24) is 44.9 Å². The number of hydrogen-bond donors (Lipinski definition) is 4. The van der Waals surface area contributed by atoms with Gasteiger partial charge in [-0.2, -0.15) is 0 Å². The van der Waals surface area contributed by atoms with E-state index in [-0.39, 0.29) is 30.6 Å². The fourth-order valence-corrected chi connectivity index (χ4v) is 12.6. The molecule has 24 heteroatoms. The smallest absolute Gasteiger partial charge is 0.407 e. The summed E-state index contributed by atoms with van der Waals surface area (Å²) in [5, 5.41) is 13.5. The monoisotopic (exact) mass is 1120 g/mol. The molecule has 4 N–H and O–H groups in total. The van der Waals surface area contributed by atoms with Gasteiger partial charge in [0, 0.05) is 81.0 Å². The van der Waals surface area contributed by atoms with Crippen LogP contribution in [0.15, 0.2) is 120 Å². The van der Waals surface area contributed by atoms with Crippen molar-refractivity contribution >= 4 is 57.6 Å². The Labute approximate surface area is 471 Å². The number of thiophene rings is 1. The van der Waals surface area contributed by atoms with Gasteiger partial charge in [0.1, 0.15) is 35.3 Å². The number of nitrogens with zero attached hydrogens (tertiary/aromatic N) is 11. The largest absolute Gasteiger partial charge is 0.464 e. The van der Waals surface area contributed by atoms with E-state index in [4.69, 9.17) is 35.2 Å². The average molecular weight is 1120 g/mol. The van der Waals surface area contributed by atoms with E-state index in [0.717, 1.165) is 57.4 Å². The van der Waals surface area contributed by atoms with Crippen molar-refractivity contribution in [3.05, 3.63) is 169 Å². The Morgan fingerprint density at radius 3 is 2.04 bits per heavy atom. The Morgan fingerprint density at radius 1 is 0.744 bits per heavy atom. The lowest BCUT2D eigenvalue weighted by Crippen LogP contribution is -2.49. The molecule has 4 aromatic carbocycles. The van der Waals surface area contributed by atoms with Crippen molar-refractivity contribution in [2.75, 3.05) is 33.9 Å². The highest BCUT2D eigenvalue weighted by atomic mass is 32.1. The third-order valence-corrected chi connectivity index (χ3v) is 16.9. The summed E-state index contributed by atoms with van der Waals surface area (Å²) in [5.41, 5.74) is 24.5. The average Bonchev–Trinajstić information content (AvgIpc) is 4.38. The molecule has 82 heavy (non-hydrogen) atoms. The minimum Gasteiger partial charge on any atom is -0.464 e. The van der Waals surface area contributed by atoms with Crippen LogP contribution >= 0.6 is 11.3 Å². The first-order valence-corrected chi connectivity index (χ1v) is 27.7. The Kier molecular flexibility index (Phi) is 14.5. The van der Waals surface area contributed by atoms with E-state index in [9.17, 15) is 19.2 Å². The number of methoxy groups -OCH3 is 2. The van der Waals surface area contributed by atoms with E-state index in [1.165, 1.54) is 25.2 Å². The number of aromatic nitrogens is 5. The Bertz CT molecular complexity index is 3880. The van der Waals surface area contributed by atoms with Crippen LogP contribution in [0.4, 0.5) is 25.4 Å². The fourth-order valence-electron chi connectivity index (χ4n) is 11.4. The van der Waals surface area contributed by atoms with Crippen LogP contribution in [0.3, 0.4) is 0 Å². The molecule has 12 rings (SSSR count). The molecule has 1 saturated carbocycles. The summed E-state index contributed by atoms with van der Waals surface area (Å²) in [7, 11) is 2.48. The molecular formula is C58H54FN15O7S. The molecular weight excluding hydrogens is 1070 g/mol. The molecule has 0 spiro atoms. The molecule has 0 bridgehead atoms. The maximum Gasteiger partial charge on any atom is 0.407 e. The van der Waals surface area contributed by atoms with E-state index >= 15 is 4.39 Å². The molecule has 3 fully saturated rings. The topological polar surface area (TPSA) is 286 Å². The predicted molar refractivity (Wildman–Crippen MR) is 302 cm³/mol. The van der Waals surface area contributed by atoms with Crippen LogP contribution in [-0.4, -0.2) is 104 Å². The van der Waals surface area contributed by atoms with Gasteiger partial charge in [-0.05, 0) is 103 Å². The van der Waals surface area contributed by atoms with Gasteiger partial charge in [-0.1, -0.05) is 64.8 Å². The van der Waals surface area contributed by atoms with Crippen molar-refractivity contribution in [1.29, 1.82) is 0 Å². The van der Waals surface area contributed by atoms with E-state index in [2.05, 4.69) is 57.4 Å². The second kappa shape index (κ2) is 22.5. The Balaban J connectivity index is 0.797. The summed E-state index contributed by atoms with van der Waals surface area (Å²) in [5.74, 6) is 0.930. The molecule has 1 unspecified atom stereocenters. The summed E-state index contributed by atoms with van der Waals surface area (Å²) in [4.78, 5) is 81.0. The number of azide groups is 2. The summed E-state index contributed by atoms with van der Waals surface area (Å²) in [6.45, 7) is 1.21. The second-order valence-corrected chi connectivity index (χ2v) is 22.0. The highest BCUT2D eigenvalue weighted by Crippen LogP contribution is 2.50. The first-order valence-electron chi connectivity index (χ1n) is 26.9. The van der Waals surface area contributed by atoms with E-state index in [1.807, 2.05) is 30.3 Å². The number of alkyl carbamates (subject to hydrolysis) is 2. The van der Waals surface area contributed by atoms with Gasteiger partial charge in [0.15, 0.2) is 0 Å². The molecule has 7 heterocycles. The van der Waals surface area contributed by atoms with Crippen LogP contribution in [0.2, 0.25) is 0 Å². The summed E-state index contributed by atoms with van der Waals surface area (Å²) < 4.78 is 35.8. The normalized spacial score (nSPS) is 17.9. The zero-order valence-corrected chi connectivity index (χ0v) is 45.3. The third kappa shape index (κ3) is 10.6. The number of fused-ring (bicyclic) bond motifs is 5. The highest BCUT2D eigenvalue weighted by molar-refractivity contribution is 7.12. The highest BCUT2D eigenvalue weighted by Gasteiger charge is 2.39. The molecule has 0 radical (unpaired) electrons. The van der Waals surface area contributed by atoms with Gasteiger partial charge >= 0.3 is 12.2 Å². The van der Waals surface area contributed by atoms with Crippen molar-refractivity contribution in [2.24, 2.45) is 10.2 Å². The third-order valence-electron chi connectivity index (χ3n) is 15.7. The molecule has 4 aromatic heterocycles. The van der Waals surface area contributed by atoms with Gasteiger partial charge in [-0.25, -0.2) is 23.9 Å². The van der Waals surface area contributed by atoms with Crippen molar-refractivity contribution in [2.45, 2.75) is 81.1 Å². The number of imidazole rings is 2. The predicted octanol–water partition coefficient (Wildman–Crippen LogP) is 11.9. The van der Waals surface area contributed by atoms with Crippen molar-refractivity contribution < 1.29 is 37.8 Å². The van der Waals surface area contributed by atoms with Crippen LogP contribution in [0, 0.1) is 5.82 Å². The number of H-pyrrole nitrogens is 2. The van der Waals surface area contributed by atoms with E-state index in [0.29, 0.717) is 89.7 Å². The van der Waals surface area contributed by atoms with Crippen LogP contribution < -0.4 is 15.4 Å². The minimum absolute atomic E-state index is 0.165. The molecule has 1 aliphatic carbocycles. The molecule has 5 atom stereocenters. The summed E-state index contributed by atoms with van der Waals surface area (Å²) in [6.07, 6.45) is 5.96. The molecule has 2 saturated heterocycles. The minimum atomic E-state index is -0.941. The van der Waals surface area contributed by atoms with Crippen molar-refractivity contribution in [3.63, 3.8) is 0 Å². The molecule has 3 aliphatic heterocycles. The van der Waals surface area contributed by atoms with Gasteiger partial charge in [0.25, 0.3) is 0 Å². The number of likely N-dealkylation sites (tertiary alicyclic amines) is 2. The molecule has 416 valence electrons. The van der Waals surface area contributed by atoms with Gasteiger partial charge in [-0.3, -0.25) is 14.2 Å². The SMILES string of the molecule is COC(=O)N[C@@H](Cc1ccc(N=[N+]=[N-])cc1)C(=O)N1CC[C@@H](c2ncc(-c3cc(F)c4c(c3)OC(c3ccc(C5CC5)s3)n3c-4cc4cc(-c5cnc([C@@H]6CCCN6C(=O)[C@H](Cc6ccc(N=[N+]=[N-])cc6)NC(=O)OC)[nH]5)ccc43)[nH]2)C1. The number of rotatable bonds is 16. The molecule has 4 aliphatic rings. The molecule has 8 aromatic rings. The summed E-state index contributed by atoms with van der Waals surface area (Å²) in [6, 6.07) is 26.9. The lowest BCUT2D eigenvalue weighted by molar-refractivity contribution is -0.134. The molecule has 22 nitrogen and oxygen atoms in total. The van der Waals surface area contributed by atoms with E-state index in [1.54, 1.807) is 82.1 Å². The zero-order chi connectivity index (χ0) is 56.6. The van der Waals surface area contributed by atoms with Crippen LogP contribution in [0.5, 0.6) is 5.75 Å². The quantitative estimate of drug-likeness (QED) is 0.0406. The Hall–Kier alpha value is -9.63. The maximum absolute atomic E-state index is 17.1. The van der Waals surface area contributed by atoms with Gasteiger partial charge < -0.3 is 44.6 Å². The number of ether oxygens (including phenoxy) is 3. The Morgan fingerprint density at radius 2 is 1.38 bits per heavy atom. The number of carbonyl (C=O) groups excluding carboxylic acids is 4. The van der Waals surface area contributed by atoms with Gasteiger partial charge in [0.2, 0.25) is 18.0 Å². The van der Waals surface area contributed by atoms with Crippen LogP contribution in [0.1, 0.15) is 88.7 Å². The van der Waals surface area contributed by atoms with Crippen LogP contribution in [-0.2, 0) is 31.9 Å². The first-order chi connectivity index (χ1) is 39.9. The number of hydrogen-bond acceptors (Lipinski definition) is 12. The fraction of sp³-hybridized carbons (Fsp3) is 0.310. The number of amides is 4. The number of benzene rings is 4. The zero-order valence-electron chi connectivity index (χ0n) is 44.5. The number of aromatic amines is 2. The maximum atomic E-state index is 17.1. The number of halogens is 1. The second-order valence-electron chi connectivity index (χ2n) is 20.8. The molecule has 4 amide bonds. The van der Waals surface area contributed by atoms with E-state index < -0.39 is 42.4 Å². The lowest BCUT2D eigenvalue weighted by Gasteiger charge is -2.30. The van der Waals surface area contributed by atoms with Crippen LogP contribution in [0.25, 0.3) is 65.6 Å². The standard InChI is InChI=1S/C58H54FN15O7S/c1-79-57(77)66-41(22-31-5-12-38(13-6-31)68-70-60)54(75)72-21-19-35(30-72)52-62-29-44(64-52)36-25-40(59)51-47-26-37-24-34(11-16-45(37)74(47)56(81-48(51)27-36)50-18-17-49(82-50)33-9-10-33)43-28-63-53(65-43)46-4-3-20-73(46)55(76)42(67-58(78)80-2)23-32-7-14-39(15-8-32)69-71-61/h5-8,11-18,24-29,33,35,41-42,46,56H,3-4,9-10,19-23,30H2,1-2H3,(H,62,64)(H,63,65)(H,66,77)(H,67,78)/t35-,41+,42+,46+,56?/m1/s1. The number of nitrogens with one attached hydrogen (secondary N) is 4. The lowest BCUT2D eigenvalue weighted by atomic mass is 10.0.